The van der Waals surface area contributed by atoms with Crippen LogP contribution in [0.25, 0.3) is 0 Å². The number of hydrogen-bond donors (Lipinski definition) is 1. The summed E-state index contributed by atoms with van der Waals surface area (Å²) in [5.74, 6) is -0.812. The Kier molecular flexibility index (Phi) is 7.12. The lowest BCUT2D eigenvalue weighted by Gasteiger charge is -2.28. The van der Waals surface area contributed by atoms with E-state index in [1.165, 1.54) is 18.2 Å². The van der Waals surface area contributed by atoms with E-state index in [0.717, 1.165) is 19.3 Å². The maximum Gasteiger partial charge on any atom is 0.230 e. The Balaban J connectivity index is 0.00000243. The molecule has 0 radical (unpaired) electrons. The molecule has 0 bridgehead atoms. The molecule has 2 atom stereocenters. The zero-order valence-corrected chi connectivity index (χ0v) is 15.2. The van der Waals surface area contributed by atoms with Crippen molar-refractivity contribution in [3.8, 4) is 0 Å². The predicted molar refractivity (Wildman–Crippen MR) is 101 cm³/mol. The molecule has 140 valence electrons. The number of nitrogens with zero attached hydrogens (tertiary/aromatic N) is 1. The third-order valence-electron chi connectivity index (χ3n) is 4.97. The molecule has 6 heteroatoms. The highest BCUT2D eigenvalue weighted by Crippen LogP contribution is 2.34. The molecule has 0 unspecified atom stereocenters. The van der Waals surface area contributed by atoms with Gasteiger partial charge in [-0.25, -0.2) is 8.78 Å². The Morgan fingerprint density at radius 3 is 2.42 bits per heavy atom. The first kappa shape index (κ1) is 20.3. The Hall–Kier alpha value is -1.98. The molecule has 1 fully saturated rings. The first-order valence-corrected chi connectivity index (χ1v) is 8.60. The van der Waals surface area contributed by atoms with E-state index < -0.39 is 0 Å². The second-order valence-electron chi connectivity index (χ2n) is 6.53. The molecule has 1 aliphatic rings. The predicted octanol–water partition coefficient (Wildman–Crippen LogP) is 4.29. The lowest BCUT2D eigenvalue weighted by Crippen LogP contribution is -2.39. The normalized spacial score (nSPS) is 19.0. The minimum absolute atomic E-state index is 0. The number of hydrogen-bond acceptors (Lipinski definition) is 2. The van der Waals surface area contributed by atoms with E-state index in [0.29, 0.717) is 17.8 Å². The lowest BCUT2D eigenvalue weighted by atomic mass is 9.94. The average molecular weight is 381 g/mol. The van der Waals surface area contributed by atoms with Crippen LogP contribution in [0.15, 0.2) is 48.5 Å². The zero-order chi connectivity index (χ0) is 17.8. The van der Waals surface area contributed by atoms with Gasteiger partial charge in [0.1, 0.15) is 11.6 Å². The summed E-state index contributed by atoms with van der Waals surface area (Å²) in [4.78, 5) is 14.7. The number of rotatable bonds is 5. The number of nitrogens with two attached hydrogens (primary N) is 1. The highest BCUT2D eigenvalue weighted by Gasteiger charge is 2.35. The summed E-state index contributed by atoms with van der Waals surface area (Å²) in [6.07, 6.45) is 2.69. The standard InChI is InChI=1S/C20H22F2N2O.ClH/c21-16-8-10-17(11-9-16)24(13-15-4-1-2-7-19(15)22)20(25)18-6-3-5-14(18)12-23;/h1-2,4,7-11,14,18H,3,5-6,12-13,23H2;1H/t14-,18-;/m1./s1. The molecule has 1 amide bonds. The fourth-order valence-electron chi connectivity index (χ4n) is 3.56. The van der Waals surface area contributed by atoms with Crippen LogP contribution in [0.5, 0.6) is 0 Å². The Bertz CT molecular complexity index is 739. The number of amides is 1. The second kappa shape index (κ2) is 9.10. The van der Waals surface area contributed by atoms with Crippen molar-refractivity contribution < 1.29 is 13.6 Å². The molecule has 3 rings (SSSR count). The third-order valence-corrected chi connectivity index (χ3v) is 4.97. The molecule has 1 saturated carbocycles. The average Bonchev–Trinajstić information content (AvgIpc) is 3.10. The van der Waals surface area contributed by atoms with Gasteiger partial charge in [-0.05, 0) is 55.6 Å². The van der Waals surface area contributed by atoms with Gasteiger partial charge in [0.15, 0.2) is 0 Å². The van der Waals surface area contributed by atoms with Crippen LogP contribution in [-0.2, 0) is 11.3 Å². The molecular weight excluding hydrogens is 358 g/mol. The highest BCUT2D eigenvalue weighted by molar-refractivity contribution is 5.95. The molecule has 0 aromatic heterocycles. The van der Waals surface area contributed by atoms with Gasteiger partial charge in [-0.3, -0.25) is 4.79 Å². The minimum Gasteiger partial charge on any atom is -0.330 e. The molecular formula is C20H23ClF2N2O. The van der Waals surface area contributed by atoms with Gasteiger partial charge in [-0.2, -0.15) is 0 Å². The SMILES string of the molecule is Cl.NC[C@H]1CCC[C@H]1C(=O)N(Cc1ccccc1F)c1ccc(F)cc1. The van der Waals surface area contributed by atoms with Gasteiger partial charge in [0, 0.05) is 17.2 Å². The number of benzene rings is 2. The van der Waals surface area contributed by atoms with Crippen LogP contribution >= 0.6 is 12.4 Å². The number of halogens is 3. The molecule has 1 aliphatic carbocycles. The molecule has 3 nitrogen and oxygen atoms in total. The third kappa shape index (κ3) is 4.40. The van der Waals surface area contributed by atoms with Crippen molar-refractivity contribution in [1.29, 1.82) is 0 Å². The van der Waals surface area contributed by atoms with Crippen molar-refractivity contribution >= 4 is 24.0 Å². The zero-order valence-electron chi connectivity index (χ0n) is 14.4. The molecule has 0 spiro atoms. The number of carbonyl (C=O) groups is 1. The molecule has 2 aromatic carbocycles. The molecule has 0 aliphatic heterocycles. The summed E-state index contributed by atoms with van der Waals surface area (Å²) in [6.45, 7) is 0.582. The lowest BCUT2D eigenvalue weighted by molar-refractivity contribution is -0.123. The van der Waals surface area contributed by atoms with Gasteiger partial charge >= 0.3 is 0 Å². The first-order chi connectivity index (χ1) is 12.1. The van der Waals surface area contributed by atoms with Crippen molar-refractivity contribution in [2.45, 2.75) is 25.8 Å². The van der Waals surface area contributed by atoms with Crippen LogP contribution in [0, 0.1) is 23.5 Å². The van der Waals surface area contributed by atoms with Crippen LogP contribution in [0.1, 0.15) is 24.8 Å². The van der Waals surface area contributed by atoms with E-state index in [2.05, 4.69) is 0 Å². The van der Waals surface area contributed by atoms with Gasteiger partial charge in [0.05, 0.1) is 6.54 Å². The van der Waals surface area contributed by atoms with Crippen molar-refractivity contribution in [2.24, 2.45) is 17.6 Å². The maximum atomic E-state index is 14.1. The summed E-state index contributed by atoms with van der Waals surface area (Å²) in [5.41, 5.74) is 6.82. The van der Waals surface area contributed by atoms with Crippen LogP contribution in [0.4, 0.5) is 14.5 Å². The Morgan fingerprint density at radius 2 is 1.77 bits per heavy atom. The minimum atomic E-state index is -0.372. The van der Waals surface area contributed by atoms with Gasteiger partial charge < -0.3 is 10.6 Å². The number of anilines is 1. The second-order valence-corrected chi connectivity index (χ2v) is 6.53. The van der Waals surface area contributed by atoms with Crippen LogP contribution < -0.4 is 10.6 Å². The van der Waals surface area contributed by atoms with Crippen molar-refractivity contribution in [1.82, 2.24) is 0 Å². The van der Waals surface area contributed by atoms with Gasteiger partial charge in [-0.1, -0.05) is 24.6 Å². The van der Waals surface area contributed by atoms with Crippen molar-refractivity contribution in [2.75, 3.05) is 11.4 Å². The smallest absolute Gasteiger partial charge is 0.230 e. The fraction of sp³-hybridized carbons (Fsp3) is 0.350. The quantitative estimate of drug-likeness (QED) is 0.840. The van der Waals surface area contributed by atoms with E-state index in [-0.39, 0.29) is 48.3 Å². The number of carbonyl (C=O) groups excluding carboxylic acids is 1. The topological polar surface area (TPSA) is 46.3 Å². The van der Waals surface area contributed by atoms with Crippen LogP contribution in [-0.4, -0.2) is 12.5 Å². The maximum absolute atomic E-state index is 14.1. The summed E-state index contributed by atoms with van der Waals surface area (Å²) in [6, 6.07) is 12.1. The Labute approximate surface area is 158 Å². The van der Waals surface area contributed by atoms with Gasteiger partial charge in [0.25, 0.3) is 0 Å². The molecule has 0 heterocycles. The van der Waals surface area contributed by atoms with Crippen LogP contribution in [0.2, 0.25) is 0 Å². The first-order valence-electron chi connectivity index (χ1n) is 8.60. The molecule has 0 saturated heterocycles. The van der Waals surface area contributed by atoms with E-state index in [9.17, 15) is 13.6 Å². The van der Waals surface area contributed by atoms with Crippen LogP contribution in [0.3, 0.4) is 0 Å². The van der Waals surface area contributed by atoms with E-state index in [1.807, 2.05) is 0 Å². The van der Waals surface area contributed by atoms with Gasteiger partial charge in [-0.15, -0.1) is 12.4 Å². The van der Waals surface area contributed by atoms with E-state index in [4.69, 9.17) is 5.73 Å². The fourth-order valence-corrected chi connectivity index (χ4v) is 3.56. The summed E-state index contributed by atoms with van der Waals surface area (Å²) in [5, 5.41) is 0. The monoisotopic (exact) mass is 380 g/mol. The van der Waals surface area contributed by atoms with E-state index >= 15 is 0 Å². The van der Waals surface area contributed by atoms with Gasteiger partial charge in [0.2, 0.25) is 5.91 Å². The Morgan fingerprint density at radius 1 is 1.08 bits per heavy atom. The molecule has 2 aromatic rings. The molecule has 2 N–H and O–H groups in total. The van der Waals surface area contributed by atoms with Crippen molar-refractivity contribution in [3.05, 3.63) is 65.7 Å². The largest absolute Gasteiger partial charge is 0.330 e. The van der Waals surface area contributed by atoms with E-state index in [1.54, 1.807) is 35.2 Å². The highest BCUT2D eigenvalue weighted by atomic mass is 35.5. The summed E-state index contributed by atoms with van der Waals surface area (Å²) >= 11 is 0. The molecule has 26 heavy (non-hydrogen) atoms. The van der Waals surface area contributed by atoms with Crippen molar-refractivity contribution in [3.63, 3.8) is 0 Å². The summed E-state index contributed by atoms with van der Waals surface area (Å²) in [7, 11) is 0. The summed E-state index contributed by atoms with van der Waals surface area (Å²) < 4.78 is 27.4.